The molecule has 0 aromatic carbocycles. The quantitative estimate of drug-likeness (QED) is 0.916. The Labute approximate surface area is 111 Å². The number of rotatable bonds is 4. The van der Waals surface area contributed by atoms with Gasteiger partial charge in [-0.2, -0.15) is 0 Å². The molecule has 0 atom stereocenters. The summed E-state index contributed by atoms with van der Waals surface area (Å²) in [6.07, 6.45) is 5.62. The lowest BCUT2D eigenvalue weighted by Gasteiger charge is -2.06. The van der Waals surface area contributed by atoms with Gasteiger partial charge in [0, 0.05) is 34.2 Å². The van der Waals surface area contributed by atoms with Crippen LogP contribution >= 0.6 is 11.3 Å². The molecule has 0 fully saturated rings. The Bertz CT molecular complexity index is 529. The molecule has 0 unspecified atom stereocenters. The molecule has 0 radical (unpaired) electrons. The van der Waals surface area contributed by atoms with Gasteiger partial charge in [0.15, 0.2) is 0 Å². The smallest absolute Gasteiger partial charge is 0.214 e. The zero-order chi connectivity index (χ0) is 12.4. The Kier molecular flexibility index (Phi) is 3.19. The van der Waals surface area contributed by atoms with Crippen molar-refractivity contribution >= 4 is 17.0 Å². The van der Waals surface area contributed by atoms with Crippen molar-refractivity contribution in [2.45, 2.75) is 25.8 Å². The molecule has 0 amide bonds. The zero-order valence-electron chi connectivity index (χ0n) is 10.4. The minimum atomic E-state index is 0.647. The average Bonchev–Trinajstić information content (AvgIpc) is 2.97. The zero-order valence-corrected chi connectivity index (χ0v) is 11.2. The number of nitrogens with one attached hydrogen (secondary N) is 1. The van der Waals surface area contributed by atoms with E-state index in [9.17, 15) is 0 Å². The van der Waals surface area contributed by atoms with E-state index in [1.54, 1.807) is 23.7 Å². The van der Waals surface area contributed by atoms with Crippen LogP contribution in [0.3, 0.4) is 0 Å². The molecule has 0 saturated carbocycles. The van der Waals surface area contributed by atoms with Crippen molar-refractivity contribution < 1.29 is 4.74 Å². The first kappa shape index (κ1) is 11.5. The fourth-order valence-electron chi connectivity index (χ4n) is 2.30. The Morgan fingerprint density at radius 1 is 1.39 bits per heavy atom. The second-order valence-corrected chi connectivity index (χ2v) is 5.68. The number of aromatic nitrogens is 1. The van der Waals surface area contributed by atoms with E-state index in [2.05, 4.69) is 16.4 Å². The summed E-state index contributed by atoms with van der Waals surface area (Å²) in [6.45, 7) is 0.880. The molecule has 0 saturated heterocycles. The third-order valence-corrected chi connectivity index (χ3v) is 4.45. The molecule has 0 bridgehead atoms. The van der Waals surface area contributed by atoms with E-state index in [-0.39, 0.29) is 0 Å². The predicted octanol–water partition coefficient (Wildman–Crippen LogP) is 3.25. The summed E-state index contributed by atoms with van der Waals surface area (Å²) in [5.74, 6) is 0.647. The second kappa shape index (κ2) is 4.98. The second-order valence-electron chi connectivity index (χ2n) is 4.46. The summed E-state index contributed by atoms with van der Waals surface area (Å²) in [7, 11) is 1.63. The summed E-state index contributed by atoms with van der Waals surface area (Å²) in [5.41, 5.74) is 2.61. The molecule has 1 aliphatic carbocycles. The largest absolute Gasteiger partial charge is 0.481 e. The first-order chi connectivity index (χ1) is 8.85. The third-order valence-electron chi connectivity index (χ3n) is 3.21. The van der Waals surface area contributed by atoms with Crippen LogP contribution in [-0.2, 0) is 19.4 Å². The van der Waals surface area contributed by atoms with Crippen LogP contribution in [0.2, 0.25) is 0 Å². The minimum Gasteiger partial charge on any atom is -0.481 e. The van der Waals surface area contributed by atoms with Crippen LogP contribution < -0.4 is 10.1 Å². The number of ether oxygens (including phenoxy) is 1. The highest BCUT2D eigenvalue weighted by Gasteiger charge is 2.14. The van der Waals surface area contributed by atoms with Gasteiger partial charge in [-0.05, 0) is 37.0 Å². The molecule has 1 aliphatic rings. The van der Waals surface area contributed by atoms with Gasteiger partial charge in [0.1, 0.15) is 0 Å². The number of hydrogen-bond acceptors (Lipinski definition) is 4. The Balaban J connectivity index is 1.66. The van der Waals surface area contributed by atoms with E-state index in [1.165, 1.54) is 24.1 Å². The monoisotopic (exact) mass is 260 g/mol. The Hall–Kier alpha value is -1.55. The van der Waals surface area contributed by atoms with E-state index in [1.807, 2.05) is 23.5 Å². The first-order valence-corrected chi connectivity index (χ1v) is 7.01. The number of methoxy groups -OCH3 is 1. The van der Waals surface area contributed by atoms with Crippen molar-refractivity contribution in [1.82, 2.24) is 4.98 Å². The van der Waals surface area contributed by atoms with Crippen molar-refractivity contribution in [3.8, 4) is 5.88 Å². The third kappa shape index (κ3) is 2.34. The van der Waals surface area contributed by atoms with E-state index in [0.29, 0.717) is 5.88 Å². The summed E-state index contributed by atoms with van der Waals surface area (Å²) in [5, 5.41) is 3.41. The normalized spacial score (nSPS) is 13.4. The van der Waals surface area contributed by atoms with Gasteiger partial charge >= 0.3 is 0 Å². The molecule has 3 rings (SSSR count). The van der Waals surface area contributed by atoms with Gasteiger partial charge < -0.3 is 10.1 Å². The maximum absolute atomic E-state index is 5.11. The molecular formula is C14H16N2OS. The molecule has 0 aliphatic heterocycles. The maximum atomic E-state index is 5.11. The molecule has 18 heavy (non-hydrogen) atoms. The number of aryl methyl sites for hydroxylation is 2. The summed E-state index contributed by atoms with van der Waals surface area (Å²) >= 11 is 1.94. The van der Waals surface area contributed by atoms with Gasteiger partial charge in [0.2, 0.25) is 5.88 Å². The molecule has 2 aromatic rings. The minimum absolute atomic E-state index is 0.647. The molecular weight excluding hydrogens is 244 g/mol. The number of thiophene rings is 1. The first-order valence-electron chi connectivity index (χ1n) is 6.19. The van der Waals surface area contributed by atoms with Gasteiger partial charge in [-0.15, -0.1) is 11.3 Å². The topological polar surface area (TPSA) is 34.1 Å². The Morgan fingerprint density at radius 3 is 3.17 bits per heavy atom. The van der Waals surface area contributed by atoms with E-state index < -0.39 is 0 Å². The SMILES string of the molecule is COc1cc(NCc2cc3c(s2)CCC3)ccn1. The fourth-order valence-corrected chi connectivity index (χ4v) is 3.50. The van der Waals surface area contributed by atoms with E-state index >= 15 is 0 Å². The molecule has 94 valence electrons. The lowest BCUT2D eigenvalue weighted by Crippen LogP contribution is -1.98. The van der Waals surface area contributed by atoms with Crippen molar-refractivity contribution in [1.29, 1.82) is 0 Å². The van der Waals surface area contributed by atoms with Crippen molar-refractivity contribution in [3.63, 3.8) is 0 Å². The molecule has 4 heteroatoms. The maximum Gasteiger partial charge on any atom is 0.214 e. The fraction of sp³-hybridized carbons (Fsp3) is 0.357. The predicted molar refractivity (Wildman–Crippen MR) is 74.5 cm³/mol. The highest BCUT2D eigenvalue weighted by atomic mass is 32.1. The number of nitrogens with zero attached hydrogens (tertiary/aromatic N) is 1. The lowest BCUT2D eigenvalue weighted by atomic mass is 10.2. The number of anilines is 1. The molecule has 3 nitrogen and oxygen atoms in total. The van der Waals surface area contributed by atoms with Crippen LogP contribution in [0.5, 0.6) is 5.88 Å². The van der Waals surface area contributed by atoms with Crippen LogP contribution in [0.1, 0.15) is 21.7 Å². The standard InChI is InChI=1S/C14H16N2OS/c1-17-14-8-11(5-6-15-14)16-9-12-7-10-3-2-4-13(10)18-12/h5-8H,2-4,9H2,1H3,(H,15,16). The van der Waals surface area contributed by atoms with Crippen molar-refractivity contribution in [2.75, 3.05) is 12.4 Å². The number of hydrogen-bond donors (Lipinski definition) is 1. The summed E-state index contributed by atoms with van der Waals surface area (Å²) in [6, 6.07) is 6.23. The number of pyridine rings is 1. The van der Waals surface area contributed by atoms with Crippen LogP contribution in [-0.4, -0.2) is 12.1 Å². The molecule has 2 aromatic heterocycles. The van der Waals surface area contributed by atoms with Gasteiger partial charge in [-0.3, -0.25) is 0 Å². The van der Waals surface area contributed by atoms with Crippen molar-refractivity contribution in [2.24, 2.45) is 0 Å². The molecule has 1 N–H and O–H groups in total. The van der Waals surface area contributed by atoms with E-state index in [0.717, 1.165) is 12.2 Å². The number of fused-ring (bicyclic) bond motifs is 1. The summed E-state index contributed by atoms with van der Waals surface area (Å²) < 4.78 is 5.11. The van der Waals surface area contributed by atoms with Gasteiger partial charge in [-0.1, -0.05) is 0 Å². The average molecular weight is 260 g/mol. The van der Waals surface area contributed by atoms with Crippen LogP contribution in [0.15, 0.2) is 24.4 Å². The summed E-state index contributed by atoms with van der Waals surface area (Å²) in [4.78, 5) is 7.09. The van der Waals surface area contributed by atoms with Gasteiger partial charge in [0.05, 0.1) is 7.11 Å². The van der Waals surface area contributed by atoms with Crippen LogP contribution in [0.4, 0.5) is 5.69 Å². The highest BCUT2D eigenvalue weighted by Crippen LogP contribution is 2.31. The Morgan fingerprint density at radius 2 is 2.33 bits per heavy atom. The highest BCUT2D eigenvalue weighted by molar-refractivity contribution is 7.12. The van der Waals surface area contributed by atoms with Crippen LogP contribution in [0.25, 0.3) is 0 Å². The van der Waals surface area contributed by atoms with Crippen LogP contribution in [0, 0.1) is 0 Å². The van der Waals surface area contributed by atoms with Gasteiger partial charge in [-0.25, -0.2) is 4.98 Å². The van der Waals surface area contributed by atoms with Gasteiger partial charge in [0.25, 0.3) is 0 Å². The molecule has 0 spiro atoms. The van der Waals surface area contributed by atoms with Crippen molar-refractivity contribution in [3.05, 3.63) is 39.7 Å². The lowest BCUT2D eigenvalue weighted by molar-refractivity contribution is 0.398. The van der Waals surface area contributed by atoms with E-state index in [4.69, 9.17) is 4.74 Å². The molecule has 2 heterocycles.